The SMILES string of the molecule is C=C(C)c1ccc(Nc2ccc(F)cc2F)cc1CC.C=CN.CC.CCCCC1CCCCC1C. The van der Waals surface area contributed by atoms with E-state index >= 15 is 0 Å². The number of hydrogen-bond acceptors (Lipinski definition) is 2. The highest BCUT2D eigenvalue weighted by Crippen LogP contribution is 2.32. The number of aryl methyl sites for hydroxylation is 1. The molecule has 0 aromatic heterocycles. The average Bonchev–Trinajstić information content (AvgIpc) is 2.87. The average molecular weight is 501 g/mol. The topological polar surface area (TPSA) is 38.0 Å². The Hall–Kier alpha value is -2.62. The Morgan fingerprint density at radius 3 is 2.25 bits per heavy atom. The Bertz CT molecular complexity index is 892. The number of unbranched alkanes of at least 4 members (excludes halogenated alkanes) is 1. The molecule has 0 radical (unpaired) electrons. The lowest BCUT2D eigenvalue weighted by Crippen LogP contribution is -2.16. The van der Waals surface area contributed by atoms with Crippen LogP contribution in [0.2, 0.25) is 0 Å². The highest BCUT2D eigenvalue weighted by molar-refractivity contribution is 5.69. The van der Waals surface area contributed by atoms with Gasteiger partial charge in [0.25, 0.3) is 0 Å². The summed E-state index contributed by atoms with van der Waals surface area (Å²) in [6.45, 7) is 19.9. The van der Waals surface area contributed by atoms with Gasteiger partial charge in [0.05, 0.1) is 5.69 Å². The third-order valence-electron chi connectivity index (χ3n) is 6.37. The molecule has 0 saturated heterocycles. The van der Waals surface area contributed by atoms with Crippen LogP contribution in [0.25, 0.3) is 5.57 Å². The summed E-state index contributed by atoms with van der Waals surface area (Å²) in [5.74, 6) is 0.908. The fourth-order valence-electron chi connectivity index (χ4n) is 4.41. The number of rotatable bonds is 7. The lowest BCUT2D eigenvalue weighted by molar-refractivity contribution is 0.237. The van der Waals surface area contributed by atoms with Gasteiger partial charge in [-0.05, 0) is 66.8 Å². The van der Waals surface area contributed by atoms with Crippen LogP contribution < -0.4 is 11.1 Å². The Kier molecular flexibility index (Phi) is 18.1. The Morgan fingerprint density at radius 2 is 1.72 bits per heavy atom. The van der Waals surface area contributed by atoms with Gasteiger partial charge in [-0.3, -0.25) is 0 Å². The summed E-state index contributed by atoms with van der Waals surface area (Å²) in [7, 11) is 0. The van der Waals surface area contributed by atoms with E-state index in [1.165, 1.54) is 63.3 Å². The van der Waals surface area contributed by atoms with Gasteiger partial charge in [-0.25, -0.2) is 8.78 Å². The van der Waals surface area contributed by atoms with Crippen LogP contribution in [0.5, 0.6) is 0 Å². The van der Waals surface area contributed by atoms with Gasteiger partial charge in [0, 0.05) is 11.8 Å². The zero-order valence-electron chi connectivity index (χ0n) is 23.6. The van der Waals surface area contributed by atoms with E-state index in [1.54, 1.807) is 0 Å². The molecule has 1 fully saturated rings. The number of allylic oxidation sites excluding steroid dienone is 1. The first-order chi connectivity index (χ1) is 17.3. The van der Waals surface area contributed by atoms with Crippen LogP contribution in [0, 0.1) is 23.5 Å². The first-order valence-corrected chi connectivity index (χ1v) is 13.6. The molecule has 1 aliphatic rings. The van der Waals surface area contributed by atoms with Crippen LogP contribution in [0.3, 0.4) is 0 Å². The van der Waals surface area contributed by atoms with Crippen LogP contribution in [0.1, 0.15) is 97.6 Å². The largest absolute Gasteiger partial charge is 0.405 e. The molecule has 2 aromatic rings. The second-order valence-corrected chi connectivity index (χ2v) is 9.15. The summed E-state index contributed by atoms with van der Waals surface area (Å²) in [5, 5.41) is 2.97. The summed E-state index contributed by atoms with van der Waals surface area (Å²) in [5.41, 5.74) is 8.90. The lowest BCUT2D eigenvalue weighted by atomic mass is 9.78. The van der Waals surface area contributed by atoms with Gasteiger partial charge < -0.3 is 11.1 Å². The second-order valence-electron chi connectivity index (χ2n) is 9.15. The number of benzene rings is 2. The standard InChI is InChI=1S/C17H17F2N.C11H22.C2H5N.C2H6/c1-4-12-9-14(6-7-15(12)11(2)3)20-17-8-5-13(18)10-16(17)19;1-3-4-8-11-9-6-5-7-10(11)2;1-2-3;1-2/h5-10,20H,2,4H2,1,3H3;10-11H,3-9H2,1-2H3;2H,1,3H2;1-2H3. The van der Waals surface area contributed by atoms with Crippen molar-refractivity contribution in [3.63, 3.8) is 0 Å². The highest BCUT2D eigenvalue weighted by atomic mass is 19.1. The van der Waals surface area contributed by atoms with Crippen molar-refractivity contribution in [1.29, 1.82) is 0 Å². The minimum Gasteiger partial charge on any atom is -0.405 e. The van der Waals surface area contributed by atoms with Crippen molar-refractivity contribution in [3.05, 3.63) is 78.5 Å². The van der Waals surface area contributed by atoms with E-state index in [9.17, 15) is 8.78 Å². The van der Waals surface area contributed by atoms with Crippen molar-refractivity contribution < 1.29 is 8.78 Å². The molecule has 3 rings (SSSR count). The van der Waals surface area contributed by atoms with Crippen molar-refractivity contribution in [2.24, 2.45) is 17.6 Å². The minimum absolute atomic E-state index is 0.261. The fraction of sp³-hybridized carbons (Fsp3) is 0.500. The smallest absolute Gasteiger partial charge is 0.149 e. The molecule has 2 aromatic carbocycles. The Morgan fingerprint density at radius 1 is 1.08 bits per heavy atom. The Balaban J connectivity index is 0.000000645. The van der Waals surface area contributed by atoms with Gasteiger partial charge in [-0.15, -0.1) is 0 Å². The monoisotopic (exact) mass is 500 g/mol. The fourth-order valence-corrected chi connectivity index (χ4v) is 4.41. The number of nitrogens with one attached hydrogen (secondary N) is 1. The molecule has 2 nitrogen and oxygen atoms in total. The molecule has 4 heteroatoms. The van der Waals surface area contributed by atoms with Crippen LogP contribution >= 0.6 is 0 Å². The third kappa shape index (κ3) is 12.4. The number of hydrogen-bond donors (Lipinski definition) is 2. The van der Waals surface area contributed by atoms with Gasteiger partial charge in [0.1, 0.15) is 11.6 Å². The van der Waals surface area contributed by atoms with Crippen molar-refractivity contribution in [1.82, 2.24) is 0 Å². The third-order valence-corrected chi connectivity index (χ3v) is 6.37. The number of anilines is 2. The first-order valence-electron chi connectivity index (χ1n) is 13.6. The maximum absolute atomic E-state index is 13.6. The van der Waals surface area contributed by atoms with Crippen molar-refractivity contribution in [2.45, 2.75) is 92.9 Å². The molecule has 1 saturated carbocycles. The summed E-state index contributed by atoms with van der Waals surface area (Å²) in [6, 6.07) is 9.28. The van der Waals surface area contributed by atoms with E-state index in [2.05, 4.69) is 45.0 Å². The van der Waals surface area contributed by atoms with E-state index in [-0.39, 0.29) is 5.69 Å². The van der Waals surface area contributed by atoms with Crippen LogP contribution in [0.4, 0.5) is 20.2 Å². The molecule has 0 aliphatic heterocycles. The molecule has 0 bridgehead atoms. The Labute approximate surface area is 220 Å². The molecule has 0 heterocycles. The quantitative estimate of drug-likeness (QED) is 0.397. The van der Waals surface area contributed by atoms with E-state index in [0.717, 1.165) is 46.7 Å². The maximum atomic E-state index is 13.6. The molecule has 1 aliphatic carbocycles. The van der Waals surface area contributed by atoms with Gasteiger partial charge in [0.2, 0.25) is 0 Å². The first kappa shape index (κ1) is 33.4. The van der Waals surface area contributed by atoms with Gasteiger partial charge in [0.15, 0.2) is 0 Å². The molecule has 2 atom stereocenters. The van der Waals surface area contributed by atoms with Gasteiger partial charge in [-0.2, -0.15) is 0 Å². The zero-order chi connectivity index (χ0) is 27.5. The summed E-state index contributed by atoms with van der Waals surface area (Å²) >= 11 is 0. The molecule has 3 N–H and O–H groups in total. The number of nitrogens with two attached hydrogens (primary N) is 1. The van der Waals surface area contributed by atoms with Gasteiger partial charge in [-0.1, -0.05) is 104 Å². The summed E-state index contributed by atoms with van der Waals surface area (Å²) < 4.78 is 26.5. The van der Waals surface area contributed by atoms with Gasteiger partial charge >= 0.3 is 0 Å². The molecule has 2 unspecified atom stereocenters. The maximum Gasteiger partial charge on any atom is 0.149 e. The molecule has 0 amide bonds. The molecule has 36 heavy (non-hydrogen) atoms. The number of halogens is 2. The van der Waals surface area contributed by atoms with Crippen LogP contribution in [0.15, 0.2) is 55.8 Å². The predicted molar refractivity (Wildman–Crippen MR) is 157 cm³/mol. The summed E-state index contributed by atoms with van der Waals surface area (Å²) in [4.78, 5) is 0. The molecular formula is C32H50F2N2. The van der Waals surface area contributed by atoms with Crippen molar-refractivity contribution in [3.8, 4) is 0 Å². The summed E-state index contributed by atoms with van der Waals surface area (Å²) in [6.07, 6.45) is 12.4. The highest BCUT2D eigenvalue weighted by Gasteiger charge is 2.19. The van der Waals surface area contributed by atoms with Crippen LogP contribution in [-0.4, -0.2) is 0 Å². The van der Waals surface area contributed by atoms with Crippen LogP contribution in [-0.2, 0) is 6.42 Å². The molecule has 202 valence electrons. The zero-order valence-corrected chi connectivity index (χ0v) is 23.6. The molecule has 0 spiro atoms. The van der Waals surface area contributed by atoms with Crippen molar-refractivity contribution in [2.75, 3.05) is 5.32 Å². The van der Waals surface area contributed by atoms with Crippen molar-refractivity contribution >= 4 is 16.9 Å². The van der Waals surface area contributed by atoms with E-state index in [4.69, 9.17) is 0 Å². The second kappa shape index (κ2) is 19.6. The predicted octanol–water partition coefficient (Wildman–Crippen LogP) is 10.4. The van der Waals surface area contributed by atoms with E-state index < -0.39 is 11.6 Å². The van der Waals surface area contributed by atoms with E-state index in [0.29, 0.717) is 0 Å². The lowest BCUT2D eigenvalue weighted by Gasteiger charge is -2.28. The minimum atomic E-state index is -0.605. The molecular weight excluding hydrogens is 450 g/mol. The normalized spacial score (nSPS) is 16.1. The van der Waals surface area contributed by atoms with E-state index in [1.807, 2.05) is 39.0 Å².